The summed E-state index contributed by atoms with van der Waals surface area (Å²) in [5, 5.41) is 9.37. The van der Waals surface area contributed by atoms with Gasteiger partial charge in [0.2, 0.25) is 0 Å². The molecule has 0 aromatic heterocycles. The molecule has 0 bridgehead atoms. The van der Waals surface area contributed by atoms with E-state index < -0.39 is 12.1 Å². The van der Waals surface area contributed by atoms with Gasteiger partial charge in [-0.15, -0.1) is 0 Å². The van der Waals surface area contributed by atoms with Gasteiger partial charge >= 0.3 is 5.97 Å². The van der Waals surface area contributed by atoms with Crippen LogP contribution in [0.25, 0.3) is 0 Å². The van der Waals surface area contributed by atoms with E-state index in [0.29, 0.717) is 24.5 Å². The van der Waals surface area contributed by atoms with Gasteiger partial charge in [0.05, 0.1) is 13.2 Å². The smallest absolute Gasteiger partial charge is 0.337 e. The zero-order chi connectivity index (χ0) is 13.7. The Kier molecular flexibility index (Phi) is 4.76. The van der Waals surface area contributed by atoms with Crippen LogP contribution >= 0.6 is 0 Å². The highest BCUT2D eigenvalue weighted by atomic mass is 16.5. The van der Waals surface area contributed by atoms with Crippen LogP contribution in [0, 0.1) is 0 Å². The van der Waals surface area contributed by atoms with Crippen molar-refractivity contribution in [3.05, 3.63) is 29.8 Å². The molecule has 0 amide bonds. The molecule has 5 heteroatoms. The molecule has 19 heavy (non-hydrogen) atoms. The molecule has 104 valence electrons. The molecule has 1 heterocycles. The van der Waals surface area contributed by atoms with Crippen molar-refractivity contribution < 1.29 is 24.1 Å². The van der Waals surface area contributed by atoms with Gasteiger partial charge in [-0.25, -0.2) is 4.79 Å². The minimum absolute atomic E-state index is 0.0836. The number of rotatable bonds is 5. The molecule has 1 atom stereocenters. The summed E-state index contributed by atoms with van der Waals surface area (Å²) in [5.74, 6) is -0.474. The normalized spacial score (nSPS) is 17.9. The molecule has 5 nitrogen and oxygen atoms in total. The second kappa shape index (κ2) is 6.54. The number of hydrogen-bond donors (Lipinski definition) is 1. The lowest BCUT2D eigenvalue weighted by Crippen LogP contribution is -2.28. The number of aliphatic carboxylic acids is 1. The number of ether oxygens (including phenoxy) is 3. The fraction of sp³-hybridized carbons (Fsp3) is 0.500. The van der Waals surface area contributed by atoms with Crippen molar-refractivity contribution in [3.8, 4) is 5.75 Å². The number of benzene rings is 1. The molecule has 0 aliphatic carbocycles. The van der Waals surface area contributed by atoms with E-state index in [1.165, 1.54) is 7.11 Å². The SMILES string of the molecule is COc1ccccc1[C@@H](OC1CCOCC1)C(=O)O. The van der Waals surface area contributed by atoms with Gasteiger partial charge < -0.3 is 19.3 Å². The molecule has 0 spiro atoms. The molecular formula is C14H18O5. The van der Waals surface area contributed by atoms with E-state index in [2.05, 4.69) is 0 Å². The third-order valence-corrected chi connectivity index (χ3v) is 3.14. The second-order valence-electron chi connectivity index (χ2n) is 4.41. The Bertz CT molecular complexity index is 426. The van der Waals surface area contributed by atoms with Crippen LogP contribution < -0.4 is 4.74 Å². The molecule has 0 unspecified atom stereocenters. The Hall–Kier alpha value is -1.59. The number of carboxylic acid groups (broad SMARTS) is 1. The standard InChI is InChI=1S/C14H18O5/c1-17-12-5-3-2-4-11(12)13(14(15)16)19-10-6-8-18-9-7-10/h2-5,10,13H,6-9H2,1H3,(H,15,16)/t13-/m1/s1. The molecular weight excluding hydrogens is 248 g/mol. The predicted octanol–water partition coefficient (Wildman–Crippen LogP) is 2.02. The summed E-state index contributed by atoms with van der Waals surface area (Å²) >= 11 is 0. The van der Waals surface area contributed by atoms with Crippen LogP contribution in [0.3, 0.4) is 0 Å². The van der Waals surface area contributed by atoms with Gasteiger partial charge in [0.25, 0.3) is 0 Å². The predicted molar refractivity (Wildman–Crippen MR) is 68.3 cm³/mol. The number of para-hydroxylation sites is 1. The molecule has 1 fully saturated rings. The minimum Gasteiger partial charge on any atom is -0.496 e. The lowest BCUT2D eigenvalue weighted by atomic mass is 10.1. The van der Waals surface area contributed by atoms with Gasteiger partial charge in [-0.2, -0.15) is 0 Å². The number of carbonyl (C=O) groups is 1. The van der Waals surface area contributed by atoms with Crippen LogP contribution in [-0.2, 0) is 14.3 Å². The zero-order valence-corrected chi connectivity index (χ0v) is 10.9. The molecule has 1 aromatic carbocycles. The van der Waals surface area contributed by atoms with E-state index in [9.17, 15) is 9.90 Å². The lowest BCUT2D eigenvalue weighted by molar-refractivity contribution is -0.158. The van der Waals surface area contributed by atoms with Gasteiger partial charge in [-0.1, -0.05) is 18.2 Å². The van der Waals surface area contributed by atoms with E-state index in [-0.39, 0.29) is 6.10 Å². The van der Waals surface area contributed by atoms with Crippen molar-refractivity contribution in [1.29, 1.82) is 0 Å². The van der Waals surface area contributed by atoms with Crippen LogP contribution in [0.4, 0.5) is 0 Å². The van der Waals surface area contributed by atoms with Crippen molar-refractivity contribution in [3.63, 3.8) is 0 Å². The molecule has 1 aliphatic heterocycles. The summed E-state index contributed by atoms with van der Waals surface area (Å²) < 4.78 is 16.2. The maximum absolute atomic E-state index is 11.4. The summed E-state index contributed by atoms with van der Waals surface area (Å²) in [6, 6.07) is 7.03. The van der Waals surface area contributed by atoms with Crippen LogP contribution in [0.15, 0.2) is 24.3 Å². The maximum Gasteiger partial charge on any atom is 0.337 e. The van der Waals surface area contributed by atoms with E-state index in [0.717, 1.165) is 12.8 Å². The fourth-order valence-electron chi connectivity index (χ4n) is 2.15. The lowest BCUT2D eigenvalue weighted by Gasteiger charge is -2.26. The first-order valence-corrected chi connectivity index (χ1v) is 6.31. The minimum atomic E-state index is -1.00. The zero-order valence-electron chi connectivity index (χ0n) is 10.9. The molecule has 1 saturated heterocycles. The summed E-state index contributed by atoms with van der Waals surface area (Å²) in [7, 11) is 1.52. The third kappa shape index (κ3) is 3.45. The Labute approximate surface area is 112 Å². The van der Waals surface area contributed by atoms with Gasteiger partial charge in [-0.3, -0.25) is 0 Å². The highest BCUT2D eigenvalue weighted by Crippen LogP contribution is 2.30. The number of carboxylic acids is 1. The number of methoxy groups -OCH3 is 1. The molecule has 1 N–H and O–H groups in total. The highest BCUT2D eigenvalue weighted by molar-refractivity contribution is 5.75. The van der Waals surface area contributed by atoms with Crippen molar-refractivity contribution in [2.45, 2.75) is 25.0 Å². The summed E-state index contributed by atoms with van der Waals surface area (Å²) in [5.41, 5.74) is 0.545. The van der Waals surface area contributed by atoms with Crippen molar-refractivity contribution in [1.82, 2.24) is 0 Å². The molecule has 1 aliphatic rings. The van der Waals surface area contributed by atoms with Gasteiger partial charge in [-0.05, 0) is 18.9 Å². The average Bonchev–Trinajstić information content (AvgIpc) is 2.45. The van der Waals surface area contributed by atoms with Crippen LogP contribution in [0.1, 0.15) is 24.5 Å². The molecule has 1 aromatic rings. The van der Waals surface area contributed by atoms with Gasteiger partial charge in [0.15, 0.2) is 6.10 Å². The van der Waals surface area contributed by atoms with Crippen LogP contribution in [0.5, 0.6) is 5.75 Å². The van der Waals surface area contributed by atoms with Crippen LogP contribution in [0.2, 0.25) is 0 Å². The Morgan fingerprint density at radius 1 is 1.37 bits per heavy atom. The van der Waals surface area contributed by atoms with E-state index in [1.54, 1.807) is 24.3 Å². The Balaban J connectivity index is 2.17. The largest absolute Gasteiger partial charge is 0.496 e. The van der Waals surface area contributed by atoms with E-state index in [4.69, 9.17) is 14.2 Å². The van der Waals surface area contributed by atoms with E-state index >= 15 is 0 Å². The Morgan fingerprint density at radius 3 is 2.68 bits per heavy atom. The summed E-state index contributed by atoms with van der Waals surface area (Å²) in [6.45, 7) is 1.23. The van der Waals surface area contributed by atoms with Crippen LogP contribution in [-0.4, -0.2) is 37.5 Å². The van der Waals surface area contributed by atoms with Crippen molar-refractivity contribution in [2.75, 3.05) is 20.3 Å². The number of hydrogen-bond acceptors (Lipinski definition) is 4. The first-order valence-electron chi connectivity index (χ1n) is 6.31. The monoisotopic (exact) mass is 266 g/mol. The topological polar surface area (TPSA) is 65.0 Å². The first kappa shape index (κ1) is 13.8. The summed E-state index contributed by atoms with van der Waals surface area (Å²) in [6.07, 6.45) is 0.358. The second-order valence-corrected chi connectivity index (χ2v) is 4.41. The average molecular weight is 266 g/mol. The van der Waals surface area contributed by atoms with Crippen molar-refractivity contribution in [2.24, 2.45) is 0 Å². The maximum atomic E-state index is 11.4. The molecule has 2 rings (SSSR count). The first-order chi connectivity index (χ1) is 9.22. The molecule has 0 saturated carbocycles. The molecule has 0 radical (unpaired) electrons. The van der Waals surface area contributed by atoms with Gasteiger partial charge in [0.1, 0.15) is 5.75 Å². The summed E-state index contributed by atoms with van der Waals surface area (Å²) in [4.78, 5) is 11.4. The highest BCUT2D eigenvalue weighted by Gasteiger charge is 2.28. The third-order valence-electron chi connectivity index (χ3n) is 3.14. The van der Waals surface area contributed by atoms with E-state index in [1.807, 2.05) is 0 Å². The quantitative estimate of drug-likeness (QED) is 0.883. The van der Waals surface area contributed by atoms with Crippen molar-refractivity contribution >= 4 is 5.97 Å². The van der Waals surface area contributed by atoms with Gasteiger partial charge in [0, 0.05) is 18.8 Å². The Morgan fingerprint density at radius 2 is 2.05 bits per heavy atom. The fourth-order valence-corrected chi connectivity index (χ4v) is 2.15.